The first kappa shape index (κ1) is 20.9. The van der Waals surface area contributed by atoms with E-state index in [2.05, 4.69) is 25.1 Å². The van der Waals surface area contributed by atoms with E-state index in [1.165, 1.54) is 6.07 Å². The van der Waals surface area contributed by atoms with Crippen LogP contribution in [0.2, 0.25) is 0 Å². The van der Waals surface area contributed by atoms with Crippen LogP contribution in [0.3, 0.4) is 0 Å². The average molecular weight is 439 g/mol. The van der Waals surface area contributed by atoms with Gasteiger partial charge in [-0.25, -0.2) is 9.02 Å². The van der Waals surface area contributed by atoms with Crippen molar-refractivity contribution in [3.63, 3.8) is 0 Å². The monoisotopic (exact) mass is 439 g/mol. The molecule has 31 heavy (non-hydrogen) atoms. The molecule has 0 bridgehead atoms. The lowest BCUT2D eigenvalue weighted by Crippen LogP contribution is -2.39. The van der Waals surface area contributed by atoms with Crippen molar-refractivity contribution in [2.75, 3.05) is 13.1 Å². The molecule has 164 valence electrons. The van der Waals surface area contributed by atoms with Gasteiger partial charge in [-0.2, -0.15) is 18.2 Å². The summed E-state index contributed by atoms with van der Waals surface area (Å²) in [5.74, 6) is -1.38. The SMILES string of the molecule is Cc1nonc1CC(=O)N1CCC(c2nc(-c3ccc(F)c(C(F)(F)F)c3)no2)CC1. The molecule has 0 saturated carbocycles. The summed E-state index contributed by atoms with van der Waals surface area (Å²) in [7, 11) is 0. The van der Waals surface area contributed by atoms with E-state index in [9.17, 15) is 22.4 Å². The van der Waals surface area contributed by atoms with E-state index in [0.717, 1.165) is 6.07 Å². The Morgan fingerprint density at radius 2 is 1.94 bits per heavy atom. The van der Waals surface area contributed by atoms with Gasteiger partial charge in [-0.15, -0.1) is 0 Å². The van der Waals surface area contributed by atoms with Crippen LogP contribution in [-0.4, -0.2) is 44.4 Å². The van der Waals surface area contributed by atoms with Crippen LogP contribution in [0, 0.1) is 12.7 Å². The molecule has 1 saturated heterocycles. The van der Waals surface area contributed by atoms with Crippen molar-refractivity contribution in [2.45, 2.75) is 38.3 Å². The number of likely N-dealkylation sites (tertiary alicyclic amines) is 1. The Labute approximate surface area is 173 Å². The second-order valence-corrected chi connectivity index (χ2v) is 7.28. The van der Waals surface area contributed by atoms with Crippen LogP contribution in [0.25, 0.3) is 11.4 Å². The van der Waals surface area contributed by atoms with Crippen LogP contribution < -0.4 is 0 Å². The number of halogens is 4. The third-order valence-corrected chi connectivity index (χ3v) is 5.23. The van der Waals surface area contributed by atoms with Gasteiger partial charge in [0.1, 0.15) is 17.2 Å². The fraction of sp³-hybridized carbons (Fsp3) is 0.421. The van der Waals surface area contributed by atoms with E-state index < -0.39 is 17.6 Å². The molecule has 0 atom stereocenters. The first-order valence-electron chi connectivity index (χ1n) is 9.49. The minimum Gasteiger partial charge on any atom is -0.342 e. The van der Waals surface area contributed by atoms with Crippen molar-refractivity contribution in [3.8, 4) is 11.4 Å². The van der Waals surface area contributed by atoms with Crippen molar-refractivity contribution < 1.29 is 31.5 Å². The molecule has 8 nitrogen and oxygen atoms in total. The fourth-order valence-corrected chi connectivity index (χ4v) is 3.44. The van der Waals surface area contributed by atoms with Gasteiger partial charge < -0.3 is 9.42 Å². The summed E-state index contributed by atoms with van der Waals surface area (Å²) in [6, 6.07) is 2.55. The number of piperidine rings is 1. The Morgan fingerprint density at radius 1 is 1.19 bits per heavy atom. The molecule has 1 fully saturated rings. The second-order valence-electron chi connectivity index (χ2n) is 7.28. The van der Waals surface area contributed by atoms with Gasteiger partial charge in [0, 0.05) is 24.6 Å². The summed E-state index contributed by atoms with van der Waals surface area (Å²) in [6.45, 7) is 2.62. The Kier molecular flexibility index (Phi) is 5.46. The molecule has 0 spiro atoms. The lowest BCUT2D eigenvalue weighted by atomic mass is 9.96. The third-order valence-electron chi connectivity index (χ3n) is 5.23. The maximum atomic E-state index is 13.5. The van der Waals surface area contributed by atoms with Crippen LogP contribution in [-0.2, 0) is 17.4 Å². The highest BCUT2D eigenvalue weighted by atomic mass is 19.4. The van der Waals surface area contributed by atoms with Gasteiger partial charge in [-0.3, -0.25) is 4.79 Å². The van der Waals surface area contributed by atoms with Gasteiger partial charge >= 0.3 is 6.18 Å². The fourth-order valence-electron chi connectivity index (χ4n) is 3.44. The molecule has 0 unspecified atom stereocenters. The highest BCUT2D eigenvalue weighted by molar-refractivity contribution is 5.78. The van der Waals surface area contributed by atoms with Crippen molar-refractivity contribution in [3.05, 3.63) is 46.9 Å². The standard InChI is InChI=1S/C19H17F4N5O3/c1-10-15(26-31-25-10)9-16(29)28-6-4-11(5-7-28)18-24-17(27-30-18)12-2-3-14(20)13(8-12)19(21,22)23/h2-3,8,11H,4-7,9H2,1H3. The number of benzene rings is 1. The molecule has 1 aliphatic rings. The second kappa shape index (κ2) is 8.08. The molecule has 0 aliphatic carbocycles. The molecule has 4 rings (SSSR count). The smallest absolute Gasteiger partial charge is 0.342 e. The molecule has 0 radical (unpaired) electrons. The number of rotatable bonds is 4. The number of hydrogen-bond donors (Lipinski definition) is 0. The van der Waals surface area contributed by atoms with Gasteiger partial charge in [-0.05, 0) is 38.0 Å². The van der Waals surface area contributed by atoms with Crippen LogP contribution in [0.4, 0.5) is 17.6 Å². The predicted octanol–water partition coefficient (Wildman–Crippen LogP) is 3.53. The number of alkyl halides is 3. The molecule has 1 amide bonds. The summed E-state index contributed by atoms with van der Waals surface area (Å²) >= 11 is 0. The topological polar surface area (TPSA) is 98.2 Å². The summed E-state index contributed by atoms with van der Waals surface area (Å²) < 4.78 is 62.1. The third kappa shape index (κ3) is 4.42. The van der Waals surface area contributed by atoms with Crippen molar-refractivity contribution in [1.82, 2.24) is 25.4 Å². The number of amides is 1. The lowest BCUT2D eigenvalue weighted by molar-refractivity contribution is -0.140. The van der Waals surface area contributed by atoms with Crippen LogP contribution in [0.15, 0.2) is 27.4 Å². The lowest BCUT2D eigenvalue weighted by Gasteiger charge is -2.30. The number of nitrogens with zero attached hydrogens (tertiary/aromatic N) is 5. The Hall–Kier alpha value is -3.31. The van der Waals surface area contributed by atoms with Crippen molar-refractivity contribution in [2.24, 2.45) is 0 Å². The van der Waals surface area contributed by atoms with Gasteiger partial charge in [0.2, 0.25) is 17.6 Å². The minimum absolute atomic E-state index is 0.00734. The molecule has 12 heteroatoms. The largest absolute Gasteiger partial charge is 0.419 e. The molecule has 3 heterocycles. The summed E-state index contributed by atoms with van der Waals surface area (Å²) in [4.78, 5) is 18.3. The maximum Gasteiger partial charge on any atom is 0.419 e. The molecular formula is C19H17F4N5O3. The van der Waals surface area contributed by atoms with Crippen molar-refractivity contribution >= 4 is 5.91 Å². The Morgan fingerprint density at radius 3 is 2.58 bits per heavy atom. The molecule has 2 aromatic heterocycles. The summed E-state index contributed by atoms with van der Waals surface area (Å²) in [5.41, 5.74) is -0.323. The van der Waals surface area contributed by atoms with Gasteiger partial charge in [0.25, 0.3) is 0 Å². The highest BCUT2D eigenvalue weighted by Gasteiger charge is 2.35. The summed E-state index contributed by atoms with van der Waals surface area (Å²) in [5, 5.41) is 11.1. The predicted molar refractivity (Wildman–Crippen MR) is 96.0 cm³/mol. The number of aromatic nitrogens is 4. The Balaban J connectivity index is 1.41. The average Bonchev–Trinajstić information content (AvgIpc) is 3.37. The number of aryl methyl sites for hydroxylation is 1. The number of carbonyl (C=O) groups is 1. The molecule has 1 aliphatic heterocycles. The van der Waals surface area contributed by atoms with Gasteiger partial charge in [-0.1, -0.05) is 15.5 Å². The number of hydrogen-bond acceptors (Lipinski definition) is 7. The Bertz CT molecular complexity index is 1090. The van der Waals surface area contributed by atoms with E-state index in [0.29, 0.717) is 43.4 Å². The van der Waals surface area contributed by atoms with E-state index in [-0.39, 0.29) is 35.5 Å². The van der Waals surface area contributed by atoms with Gasteiger partial charge in [0.05, 0.1) is 12.0 Å². The molecule has 1 aromatic carbocycles. The maximum absolute atomic E-state index is 13.5. The van der Waals surface area contributed by atoms with E-state index in [4.69, 9.17) is 4.52 Å². The van der Waals surface area contributed by atoms with Crippen LogP contribution in [0.1, 0.15) is 41.6 Å². The zero-order valence-electron chi connectivity index (χ0n) is 16.3. The first-order valence-corrected chi connectivity index (χ1v) is 9.49. The minimum atomic E-state index is -4.83. The molecular weight excluding hydrogens is 422 g/mol. The molecule has 0 N–H and O–H groups in total. The highest BCUT2D eigenvalue weighted by Crippen LogP contribution is 2.34. The van der Waals surface area contributed by atoms with E-state index >= 15 is 0 Å². The zero-order chi connectivity index (χ0) is 22.2. The summed E-state index contributed by atoms with van der Waals surface area (Å²) in [6.07, 6.45) is -3.62. The number of carbonyl (C=O) groups excluding carboxylic acids is 1. The quantitative estimate of drug-likeness (QED) is 0.574. The van der Waals surface area contributed by atoms with Crippen LogP contribution >= 0.6 is 0 Å². The van der Waals surface area contributed by atoms with Crippen molar-refractivity contribution in [1.29, 1.82) is 0 Å². The van der Waals surface area contributed by atoms with Crippen LogP contribution in [0.5, 0.6) is 0 Å². The van der Waals surface area contributed by atoms with E-state index in [1.54, 1.807) is 11.8 Å². The van der Waals surface area contributed by atoms with E-state index in [1.807, 2.05) is 0 Å². The van der Waals surface area contributed by atoms with Gasteiger partial charge in [0.15, 0.2) is 0 Å². The zero-order valence-corrected chi connectivity index (χ0v) is 16.3. The normalized spacial score (nSPS) is 15.5. The first-order chi connectivity index (χ1) is 14.7. The molecule has 3 aromatic rings.